The third-order valence-electron chi connectivity index (χ3n) is 3.31. The number of nitrogens with zero attached hydrogens (tertiary/aromatic N) is 2. The van der Waals surface area contributed by atoms with E-state index in [-0.39, 0.29) is 0 Å². The summed E-state index contributed by atoms with van der Waals surface area (Å²) in [7, 11) is 0. The van der Waals surface area contributed by atoms with E-state index >= 15 is 0 Å². The van der Waals surface area contributed by atoms with Gasteiger partial charge in [0.2, 0.25) is 0 Å². The molecule has 0 aromatic heterocycles. The molecule has 2 heterocycles. The van der Waals surface area contributed by atoms with E-state index in [9.17, 15) is 4.79 Å². The maximum absolute atomic E-state index is 10.3. The Morgan fingerprint density at radius 3 is 2.50 bits per heavy atom. The van der Waals surface area contributed by atoms with Gasteiger partial charge in [0.1, 0.15) is 0 Å². The summed E-state index contributed by atoms with van der Waals surface area (Å²) in [5.41, 5.74) is 0. The molecule has 2 saturated heterocycles. The molecule has 5 nitrogen and oxygen atoms in total. The monoisotopic (exact) mass is 225 g/mol. The molecule has 0 bridgehead atoms. The molecule has 90 valence electrons. The molecule has 0 radical (unpaired) electrons. The zero-order valence-corrected chi connectivity index (χ0v) is 9.43. The minimum absolute atomic E-state index is 0.733. The van der Waals surface area contributed by atoms with Crippen molar-refractivity contribution in [3.8, 4) is 0 Å². The second kappa shape index (κ2) is 5.43. The van der Waals surface area contributed by atoms with Gasteiger partial charge < -0.3 is 10.4 Å². The normalized spacial score (nSPS) is 24.8. The van der Waals surface area contributed by atoms with E-state index in [0.717, 1.165) is 51.9 Å². The average Bonchev–Trinajstić information content (AvgIpc) is 2.17. The summed E-state index contributed by atoms with van der Waals surface area (Å²) in [6.07, 6.45) is 2.95. The second-order valence-electron chi connectivity index (χ2n) is 4.39. The van der Waals surface area contributed by atoms with Gasteiger partial charge >= 0.3 is 5.97 Å². The van der Waals surface area contributed by atoms with Gasteiger partial charge in [0.25, 0.3) is 0 Å². The zero-order chi connectivity index (χ0) is 11.4. The zero-order valence-electron chi connectivity index (χ0n) is 9.43. The van der Waals surface area contributed by atoms with Crippen LogP contribution in [0.5, 0.6) is 0 Å². The molecular weight excluding hydrogens is 206 g/mol. The Morgan fingerprint density at radius 1 is 1.31 bits per heavy atom. The molecular formula is C11H19N3O2. The van der Waals surface area contributed by atoms with Crippen LogP contribution in [0.25, 0.3) is 0 Å². The first-order chi connectivity index (χ1) is 7.75. The summed E-state index contributed by atoms with van der Waals surface area (Å²) in [5.74, 6) is -0.862. The fourth-order valence-corrected chi connectivity index (χ4v) is 2.15. The molecule has 2 rings (SSSR count). The lowest BCUT2D eigenvalue weighted by molar-refractivity contribution is -0.131. The quantitative estimate of drug-likeness (QED) is 0.615. The summed E-state index contributed by atoms with van der Waals surface area (Å²) in [6, 6.07) is 0.733. The van der Waals surface area contributed by atoms with Gasteiger partial charge in [-0.1, -0.05) is 6.08 Å². The van der Waals surface area contributed by atoms with Crippen molar-refractivity contribution in [3.05, 3.63) is 12.2 Å². The standard InChI is InChI=1S/C11H19N3O2/c15-11(16)2-1-3-13-4-6-14(7-5-13)10-8-12-9-10/h1-2,10,12H,3-9H2,(H,15,16)/b2-1+. The lowest BCUT2D eigenvalue weighted by Crippen LogP contribution is -2.61. The second-order valence-corrected chi connectivity index (χ2v) is 4.39. The Bertz CT molecular complexity index is 268. The maximum Gasteiger partial charge on any atom is 0.328 e. The van der Waals surface area contributed by atoms with Gasteiger partial charge in [0, 0.05) is 57.9 Å². The lowest BCUT2D eigenvalue weighted by Gasteiger charge is -2.43. The van der Waals surface area contributed by atoms with Crippen LogP contribution < -0.4 is 5.32 Å². The number of carboxylic acids is 1. The van der Waals surface area contributed by atoms with Crippen LogP contribution in [0.4, 0.5) is 0 Å². The van der Waals surface area contributed by atoms with Gasteiger partial charge in [0.05, 0.1) is 0 Å². The highest BCUT2D eigenvalue weighted by atomic mass is 16.4. The third-order valence-corrected chi connectivity index (χ3v) is 3.31. The predicted octanol–water partition coefficient (Wildman–Crippen LogP) is -0.783. The molecule has 2 aliphatic rings. The van der Waals surface area contributed by atoms with Crippen molar-refractivity contribution in [1.29, 1.82) is 0 Å². The van der Waals surface area contributed by atoms with Crippen LogP contribution in [0.1, 0.15) is 0 Å². The van der Waals surface area contributed by atoms with Crippen molar-refractivity contribution in [2.75, 3.05) is 45.8 Å². The van der Waals surface area contributed by atoms with Crippen LogP contribution in [0, 0.1) is 0 Å². The predicted molar refractivity (Wildman–Crippen MR) is 61.4 cm³/mol. The first kappa shape index (κ1) is 11.6. The van der Waals surface area contributed by atoms with Crippen molar-refractivity contribution in [2.45, 2.75) is 6.04 Å². The Morgan fingerprint density at radius 2 is 2.00 bits per heavy atom. The molecule has 0 aliphatic carbocycles. The maximum atomic E-state index is 10.3. The number of carbonyl (C=O) groups is 1. The molecule has 2 fully saturated rings. The number of aliphatic carboxylic acids is 1. The van der Waals surface area contributed by atoms with Gasteiger partial charge in [-0.15, -0.1) is 0 Å². The Hall–Kier alpha value is -0.910. The minimum Gasteiger partial charge on any atom is -0.478 e. The van der Waals surface area contributed by atoms with E-state index in [1.807, 2.05) is 0 Å². The number of rotatable bonds is 4. The van der Waals surface area contributed by atoms with Gasteiger partial charge in [-0.3, -0.25) is 9.80 Å². The van der Waals surface area contributed by atoms with E-state index < -0.39 is 5.97 Å². The number of piperazine rings is 1. The Labute approximate surface area is 95.7 Å². The van der Waals surface area contributed by atoms with Gasteiger partial charge in [-0.2, -0.15) is 0 Å². The average molecular weight is 225 g/mol. The summed E-state index contributed by atoms with van der Waals surface area (Å²) in [6.45, 7) is 7.29. The first-order valence-electron chi connectivity index (χ1n) is 5.82. The Balaban J connectivity index is 1.66. The number of carboxylic acid groups (broad SMARTS) is 1. The molecule has 0 atom stereocenters. The van der Waals surface area contributed by atoms with Gasteiger partial charge in [0.15, 0.2) is 0 Å². The van der Waals surface area contributed by atoms with Crippen molar-refractivity contribution in [2.24, 2.45) is 0 Å². The van der Waals surface area contributed by atoms with Crippen molar-refractivity contribution >= 4 is 5.97 Å². The highest BCUT2D eigenvalue weighted by Crippen LogP contribution is 2.09. The van der Waals surface area contributed by atoms with Crippen LogP contribution >= 0.6 is 0 Å². The Kier molecular flexibility index (Phi) is 3.93. The number of nitrogens with one attached hydrogen (secondary N) is 1. The molecule has 0 aromatic rings. The molecule has 5 heteroatoms. The van der Waals surface area contributed by atoms with Crippen LogP contribution in [-0.4, -0.2) is 72.7 Å². The third kappa shape index (κ3) is 3.04. The summed E-state index contributed by atoms with van der Waals surface area (Å²) in [5, 5.41) is 11.8. The van der Waals surface area contributed by atoms with Gasteiger partial charge in [-0.05, 0) is 0 Å². The fraction of sp³-hybridized carbons (Fsp3) is 0.727. The number of hydrogen-bond acceptors (Lipinski definition) is 4. The van der Waals surface area contributed by atoms with Crippen LogP contribution in [0.3, 0.4) is 0 Å². The van der Waals surface area contributed by atoms with Crippen LogP contribution in [0.2, 0.25) is 0 Å². The summed E-state index contributed by atoms with van der Waals surface area (Å²) in [4.78, 5) is 15.1. The molecule has 0 aromatic carbocycles. The molecule has 0 unspecified atom stereocenters. The molecule has 2 aliphatic heterocycles. The topological polar surface area (TPSA) is 55.8 Å². The fourth-order valence-electron chi connectivity index (χ4n) is 2.15. The molecule has 0 amide bonds. The van der Waals surface area contributed by atoms with Crippen molar-refractivity contribution < 1.29 is 9.90 Å². The summed E-state index contributed by atoms with van der Waals surface area (Å²) < 4.78 is 0. The highest BCUT2D eigenvalue weighted by Gasteiger charge is 2.27. The molecule has 16 heavy (non-hydrogen) atoms. The first-order valence-corrected chi connectivity index (χ1v) is 5.82. The summed E-state index contributed by atoms with van der Waals surface area (Å²) >= 11 is 0. The van der Waals surface area contributed by atoms with Crippen molar-refractivity contribution in [1.82, 2.24) is 15.1 Å². The smallest absolute Gasteiger partial charge is 0.328 e. The van der Waals surface area contributed by atoms with E-state index in [1.165, 1.54) is 6.08 Å². The largest absolute Gasteiger partial charge is 0.478 e. The lowest BCUT2D eigenvalue weighted by atomic mass is 10.1. The van der Waals surface area contributed by atoms with Crippen LogP contribution in [-0.2, 0) is 4.79 Å². The van der Waals surface area contributed by atoms with Crippen LogP contribution in [0.15, 0.2) is 12.2 Å². The molecule has 2 N–H and O–H groups in total. The van der Waals surface area contributed by atoms with Crippen molar-refractivity contribution in [3.63, 3.8) is 0 Å². The molecule has 0 spiro atoms. The van der Waals surface area contributed by atoms with E-state index in [0.29, 0.717) is 0 Å². The van der Waals surface area contributed by atoms with E-state index in [4.69, 9.17) is 5.11 Å². The number of hydrogen-bond donors (Lipinski definition) is 2. The highest BCUT2D eigenvalue weighted by molar-refractivity contribution is 5.79. The van der Waals surface area contributed by atoms with E-state index in [2.05, 4.69) is 15.1 Å². The minimum atomic E-state index is -0.862. The SMILES string of the molecule is O=C(O)/C=C/CN1CCN(C2CNC2)CC1. The van der Waals surface area contributed by atoms with Gasteiger partial charge in [-0.25, -0.2) is 4.79 Å². The molecule has 0 saturated carbocycles. The van der Waals surface area contributed by atoms with E-state index in [1.54, 1.807) is 6.08 Å².